The summed E-state index contributed by atoms with van der Waals surface area (Å²) >= 11 is 0. The summed E-state index contributed by atoms with van der Waals surface area (Å²) in [5.41, 5.74) is 0. The number of aliphatic hydroxyl groups is 1. The SMILES string of the molecule is CC(O)CCOCCN(CCOCCC1CO1)CCOc1ccccc1. The first kappa shape index (κ1) is 21.1. The van der Waals surface area contributed by atoms with Crippen molar-refractivity contribution in [3.05, 3.63) is 30.3 Å². The van der Waals surface area contributed by atoms with Crippen LogP contribution in [0.25, 0.3) is 0 Å². The molecule has 1 aliphatic rings. The highest BCUT2D eigenvalue weighted by Crippen LogP contribution is 2.12. The summed E-state index contributed by atoms with van der Waals surface area (Å²) in [6.45, 7) is 8.48. The molecule has 2 rings (SSSR count). The van der Waals surface area contributed by atoms with Crippen molar-refractivity contribution in [3.8, 4) is 5.75 Å². The maximum atomic E-state index is 9.26. The van der Waals surface area contributed by atoms with Crippen LogP contribution >= 0.6 is 0 Å². The fraction of sp³-hybridized carbons (Fsp3) is 0.700. The highest BCUT2D eigenvalue weighted by Gasteiger charge is 2.21. The average Bonchev–Trinajstić information content (AvgIpc) is 3.45. The zero-order valence-corrected chi connectivity index (χ0v) is 15.8. The maximum Gasteiger partial charge on any atom is 0.119 e. The number of benzene rings is 1. The van der Waals surface area contributed by atoms with Gasteiger partial charge in [-0.2, -0.15) is 0 Å². The van der Waals surface area contributed by atoms with Gasteiger partial charge in [-0.25, -0.2) is 0 Å². The molecule has 1 heterocycles. The van der Waals surface area contributed by atoms with E-state index in [9.17, 15) is 5.11 Å². The number of epoxide rings is 1. The normalized spacial score (nSPS) is 17.4. The lowest BCUT2D eigenvalue weighted by molar-refractivity contribution is 0.0550. The van der Waals surface area contributed by atoms with Crippen LogP contribution in [-0.2, 0) is 14.2 Å². The Morgan fingerprint density at radius 2 is 1.69 bits per heavy atom. The minimum Gasteiger partial charge on any atom is -0.492 e. The maximum absolute atomic E-state index is 9.26. The van der Waals surface area contributed by atoms with E-state index in [-0.39, 0.29) is 6.10 Å². The molecule has 1 N–H and O–H groups in total. The fourth-order valence-electron chi connectivity index (χ4n) is 2.44. The summed E-state index contributed by atoms with van der Waals surface area (Å²) in [7, 11) is 0. The zero-order valence-electron chi connectivity index (χ0n) is 15.8. The minimum absolute atomic E-state index is 0.311. The molecular formula is C20H33NO5. The van der Waals surface area contributed by atoms with E-state index < -0.39 is 0 Å². The highest BCUT2D eigenvalue weighted by molar-refractivity contribution is 5.20. The van der Waals surface area contributed by atoms with E-state index in [2.05, 4.69) is 4.90 Å². The molecule has 0 aromatic heterocycles. The first-order chi connectivity index (χ1) is 12.7. The Bertz CT molecular complexity index is 441. The first-order valence-corrected chi connectivity index (χ1v) is 9.59. The van der Waals surface area contributed by atoms with E-state index in [4.69, 9.17) is 18.9 Å². The fourth-order valence-corrected chi connectivity index (χ4v) is 2.44. The molecule has 2 atom stereocenters. The molecule has 26 heavy (non-hydrogen) atoms. The molecule has 0 spiro atoms. The molecule has 1 fully saturated rings. The number of hydrogen-bond donors (Lipinski definition) is 1. The molecule has 0 amide bonds. The van der Waals surface area contributed by atoms with Gasteiger partial charge in [0.15, 0.2) is 0 Å². The van der Waals surface area contributed by atoms with Gasteiger partial charge in [0.2, 0.25) is 0 Å². The van der Waals surface area contributed by atoms with Gasteiger partial charge in [-0.15, -0.1) is 0 Å². The number of rotatable bonds is 16. The number of nitrogens with zero attached hydrogens (tertiary/aromatic N) is 1. The van der Waals surface area contributed by atoms with Crippen molar-refractivity contribution in [1.82, 2.24) is 4.90 Å². The quantitative estimate of drug-likeness (QED) is 0.356. The van der Waals surface area contributed by atoms with Crippen molar-refractivity contribution in [3.63, 3.8) is 0 Å². The average molecular weight is 367 g/mol. The lowest BCUT2D eigenvalue weighted by Gasteiger charge is -2.22. The van der Waals surface area contributed by atoms with Gasteiger partial charge in [0.1, 0.15) is 12.4 Å². The topological polar surface area (TPSA) is 63.7 Å². The third-order valence-electron chi connectivity index (χ3n) is 4.19. The van der Waals surface area contributed by atoms with E-state index in [1.165, 1.54) is 0 Å². The molecule has 1 aromatic rings. The molecule has 148 valence electrons. The first-order valence-electron chi connectivity index (χ1n) is 9.59. The molecule has 0 bridgehead atoms. The lowest BCUT2D eigenvalue weighted by atomic mass is 10.3. The van der Waals surface area contributed by atoms with E-state index >= 15 is 0 Å². The monoisotopic (exact) mass is 367 g/mol. The van der Waals surface area contributed by atoms with Gasteiger partial charge >= 0.3 is 0 Å². The Morgan fingerprint density at radius 1 is 1.04 bits per heavy atom. The number of ether oxygens (including phenoxy) is 4. The second kappa shape index (κ2) is 13.1. The molecule has 0 aliphatic carbocycles. The Morgan fingerprint density at radius 3 is 2.35 bits per heavy atom. The summed E-state index contributed by atoms with van der Waals surface area (Å²) in [4.78, 5) is 2.29. The Kier molecular flexibility index (Phi) is 10.6. The van der Waals surface area contributed by atoms with Crippen LogP contribution in [0.3, 0.4) is 0 Å². The number of para-hydroxylation sites is 1. The molecule has 0 saturated carbocycles. The van der Waals surface area contributed by atoms with Crippen LogP contribution in [0.15, 0.2) is 30.3 Å². The van der Waals surface area contributed by atoms with E-state index in [0.29, 0.717) is 39.0 Å². The molecule has 1 saturated heterocycles. The van der Waals surface area contributed by atoms with Crippen LogP contribution in [0.4, 0.5) is 0 Å². The molecule has 6 heteroatoms. The third kappa shape index (κ3) is 10.7. The van der Waals surface area contributed by atoms with Gasteiger partial charge in [0, 0.05) is 32.8 Å². The zero-order chi connectivity index (χ0) is 18.5. The molecule has 0 radical (unpaired) electrons. The van der Waals surface area contributed by atoms with Crippen molar-refractivity contribution in [2.24, 2.45) is 0 Å². The van der Waals surface area contributed by atoms with Gasteiger partial charge in [-0.05, 0) is 31.9 Å². The van der Waals surface area contributed by atoms with Crippen molar-refractivity contribution < 1.29 is 24.1 Å². The summed E-state index contributed by atoms with van der Waals surface area (Å²) in [5, 5.41) is 9.26. The Hall–Kier alpha value is -1.18. The molecule has 1 aromatic carbocycles. The molecule has 1 aliphatic heterocycles. The summed E-state index contributed by atoms with van der Waals surface area (Å²) in [6, 6.07) is 9.86. The largest absolute Gasteiger partial charge is 0.492 e. The van der Waals surface area contributed by atoms with Crippen LogP contribution in [0.5, 0.6) is 5.75 Å². The molecule has 2 unspecified atom stereocenters. The van der Waals surface area contributed by atoms with Crippen LogP contribution in [0, 0.1) is 0 Å². The second-order valence-corrected chi connectivity index (χ2v) is 6.61. The lowest BCUT2D eigenvalue weighted by Crippen LogP contribution is -2.34. The van der Waals surface area contributed by atoms with Crippen molar-refractivity contribution in [2.75, 3.05) is 59.3 Å². The predicted octanol–water partition coefficient (Wildman–Crippen LogP) is 1.96. The highest BCUT2D eigenvalue weighted by atomic mass is 16.6. The van der Waals surface area contributed by atoms with Crippen LogP contribution in [-0.4, -0.2) is 81.5 Å². The van der Waals surface area contributed by atoms with Gasteiger partial charge in [0.05, 0.1) is 32.0 Å². The number of aliphatic hydroxyl groups excluding tert-OH is 1. The summed E-state index contributed by atoms with van der Waals surface area (Å²) in [6.07, 6.45) is 1.77. The number of hydrogen-bond acceptors (Lipinski definition) is 6. The Balaban J connectivity index is 1.59. The van der Waals surface area contributed by atoms with Crippen LogP contribution in [0.2, 0.25) is 0 Å². The van der Waals surface area contributed by atoms with E-state index in [1.54, 1.807) is 6.92 Å². The smallest absolute Gasteiger partial charge is 0.119 e. The molecule has 6 nitrogen and oxygen atoms in total. The summed E-state index contributed by atoms with van der Waals surface area (Å²) < 4.78 is 22.3. The molecular weight excluding hydrogens is 334 g/mol. The second-order valence-electron chi connectivity index (χ2n) is 6.61. The van der Waals surface area contributed by atoms with Crippen LogP contribution in [0.1, 0.15) is 19.8 Å². The van der Waals surface area contributed by atoms with Gasteiger partial charge in [0.25, 0.3) is 0 Å². The summed E-state index contributed by atoms with van der Waals surface area (Å²) in [5.74, 6) is 0.890. The van der Waals surface area contributed by atoms with Crippen molar-refractivity contribution >= 4 is 0 Å². The minimum atomic E-state index is -0.311. The predicted molar refractivity (Wildman–Crippen MR) is 101 cm³/mol. The van der Waals surface area contributed by atoms with Crippen molar-refractivity contribution in [1.29, 1.82) is 0 Å². The van der Waals surface area contributed by atoms with E-state index in [1.807, 2.05) is 30.3 Å². The third-order valence-corrected chi connectivity index (χ3v) is 4.19. The Labute approximate surface area is 157 Å². The van der Waals surface area contributed by atoms with Gasteiger partial charge in [-0.1, -0.05) is 18.2 Å². The van der Waals surface area contributed by atoms with Gasteiger partial charge in [-0.3, -0.25) is 4.90 Å². The van der Waals surface area contributed by atoms with Gasteiger partial charge < -0.3 is 24.1 Å². The van der Waals surface area contributed by atoms with Crippen molar-refractivity contribution in [2.45, 2.75) is 32.0 Å². The van der Waals surface area contributed by atoms with Crippen LogP contribution < -0.4 is 4.74 Å². The standard InChI is InChI=1S/C20H33NO5/c1-18(22)7-12-23-14-9-21(10-15-24-13-8-20-17-26-20)11-16-25-19-5-3-2-4-6-19/h2-6,18,20,22H,7-17H2,1H3. The van der Waals surface area contributed by atoms with E-state index in [0.717, 1.165) is 45.0 Å².